The van der Waals surface area contributed by atoms with E-state index in [9.17, 15) is 22.4 Å². The number of Topliss-reactive ketones (excluding diaryl/α,β-unsaturated/α-hetero) is 1. The van der Waals surface area contributed by atoms with Gasteiger partial charge < -0.3 is 9.47 Å². The van der Waals surface area contributed by atoms with Crippen molar-refractivity contribution in [2.45, 2.75) is 30.9 Å². The van der Waals surface area contributed by atoms with Crippen molar-refractivity contribution in [2.24, 2.45) is 0 Å². The standard InChI is InChI=1S/C19H20FNO6S/c1-12(21-28(24,25)17-10-8-16(26-3)9-11-17)19(23)27-13(2)18(22)14-4-6-15(20)7-5-14/h4-13,21H,1-3H3/t12-,13+/m0/s1. The number of ketones is 1. The van der Waals surface area contributed by atoms with E-state index in [-0.39, 0.29) is 10.5 Å². The van der Waals surface area contributed by atoms with Gasteiger partial charge in [-0.3, -0.25) is 9.59 Å². The fraction of sp³-hybridized carbons (Fsp3) is 0.263. The van der Waals surface area contributed by atoms with Gasteiger partial charge >= 0.3 is 5.97 Å². The van der Waals surface area contributed by atoms with Crippen molar-refractivity contribution in [3.8, 4) is 5.75 Å². The molecule has 0 fully saturated rings. The highest BCUT2D eigenvalue weighted by Gasteiger charge is 2.27. The average molecular weight is 409 g/mol. The molecule has 2 atom stereocenters. The van der Waals surface area contributed by atoms with E-state index in [1.54, 1.807) is 0 Å². The van der Waals surface area contributed by atoms with E-state index in [1.165, 1.54) is 57.4 Å². The van der Waals surface area contributed by atoms with Crippen LogP contribution in [0.4, 0.5) is 4.39 Å². The van der Waals surface area contributed by atoms with Gasteiger partial charge in [0.1, 0.15) is 17.6 Å². The predicted molar refractivity (Wildman–Crippen MR) is 99.1 cm³/mol. The third-order valence-corrected chi connectivity index (χ3v) is 5.40. The van der Waals surface area contributed by atoms with Crippen molar-refractivity contribution in [1.82, 2.24) is 4.72 Å². The number of carbonyl (C=O) groups is 2. The van der Waals surface area contributed by atoms with Crippen molar-refractivity contribution in [1.29, 1.82) is 0 Å². The number of ether oxygens (including phenoxy) is 2. The number of hydrogen-bond donors (Lipinski definition) is 1. The molecule has 150 valence electrons. The summed E-state index contributed by atoms with van der Waals surface area (Å²) in [6, 6.07) is 9.17. The number of nitrogens with one attached hydrogen (secondary N) is 1. The summed E-state index contributed by atoms with van der Waals surface area (Å²) in [6.45, 7) is 2.66. The maximum atomic E-state index is 12.9. The monoisotopic (exact) mass is 409 g/mol. The van der Waals surface area contributed by atoms with Crippen LogP contribution in [-0.4, -0.2) is 39.4 Å². The molecule has 0 unspecified atom stereocenters. The normalized spacial score (nSPS) is 13.4. The zero-order chi connectivity index (χ0) is 20.9. The Bertz CT molecular complexity index is 941. The topological polar surface area (TPSA) is 98.8 Å². The summed E-state index contributed by atoms with van der Waals surface area (Å²) in [5, 5.41) is 0. The number of hydrogen-bond acceptors (Lipinski definition) is 6. The lowest BCUT2D eigenvalue weighted by atomic mass is 10.1. The number of esters is 1. The Labute approximate surface area is 162 Å². The molecular weight excluding hydrogens is 389 g/mol. The SMILES string of the molecule is COc1ccc(S(=O)(=O)N[C@@H](C)C(=O)O[C@H](C)C(=O)c2ccc(F)cc2)cc1. The first-order chi connectivity index (χ1) is 13.1. The molecule has 0 aliphatic rings. The van der Waals surface area contributed by atoms with Gasteiger partial charge in [0.25, 0.3) is 0 Å². The maximum absolute atomic E-state index is 12.9. The molecule has 0 spiro atoms. The van der Waals surface area contributed by atoms with Crippen LogP contribution in [0.25, 0.3) is 0 Å². The van der Waals surface area contributed by atoms with Gasteiger partial charge in [-0.15, -0.1) is 0 Å². The summed E-state index contributed by atoms with van der Waals surface area (Å²) >= 11 is 0. The summed E-state index contributed by atoms with van der Waals surface area (Å²) < 4.78 is 49.9. The third-order valence-electron chi connectivity index (χ3n) is 3.85. The van der Waals surface area contributed by atoms with E-state index in [1.807, 2.05) is 0 Å². The van der Waals surface area contributed by atoms with Gasteiger partial charge in [-0.05, 0) is 62.4 Å². The zero-order valence-corrected chi connectivity index (χ0v) is 16.3. The molecule has 9 heteroatoms. The van der Waals surface area contributed by atoms with Gasteiger partial charge in [-0.1, -0.05) is 0 Å². The largest absolute Gasteiger partial charge is 0.497 e. The van der Waals surface area contributed by atoms with Crippen LogP contribution in [0.1, 0.15) is 24.2 Å². The summed E-state index contributed by atoms with van der Waals surface area (Å²) in [5.41, 5.74) is 0.174. The molecule has 0 radical (unpaired) electrons. The fourth-order valence-electron chi connectivity index (χ4n) is 2.28. The van der Waals surface area contributed by atoms with Crippen LogP contribution in [0.5, 0.6) is 5.75 Å². The Kier molecular flexibility index (Phi) is 6.87. The van der Waals surface area contributed by atoms with E-state index < -0.39 is 39.7 Å². The zero-order valence-electron chi connectivity index (χ0n) is 15.5. The number of halogens is 1. The minimum atomic E-state index is -3.98. The summed E-state index contributed by atoms with van der Waals surface area (Å²) in [5.74, 6) is -1.46. The highest BCUT2D eigenvalue weighted by molar-refractivity contribution is 7.89. The highest BCUT2D eigenvalue weighted by atomic mass is 32.2. The van der Waals surface area contributed by atoms with Crippen molar-refractivity contribution in [3.63, 3.8) is 0 Å². The van der Waals surface area contributed by atoms with Crippen LogP contribution >= 0.6 is 0 Å². The molecule has 2 aromatic carbocycles. The van der Waals surface area contributed by atoms with Crippen LogP contribution in [0, 0.1) is 5.82 Å². The molecule has 2 aromatic rings. The molecule has 28 heavy (non-hydrogen) atoms. The lowest BCUT2D eigenvalue weighted by Crippen LogP contribution is -2.41. The second-order valence-corrected chi connectivity index (χ2v) is 7.68. The lowest BCUT2D eigenvalue weighted by molar-refractivity contribution is -0.147. The van der Waals surface area contributed by atoms with Gasteiger partial charge in [-0.25, -0.2) is 12.8 Å². The first-order valence-corrected chi connectivity index (χ1v) is 9.79. The second kappa shape index (κ2) is 8.94. The van der Waals surface area contributed by atoms with Crippen molar-refractivity contribution in [2.75, 3.05) is 7.11 Å². The quantitative estimate of drug-likeness (QED) is 0.531. The minimum absolute atomic E-state index is 0.0524. The molecule has 0 heterocycles. The first-order valence-electron chi connectivity index (χ1n) is 8.30. The van der Waals surface area contributed by atoms with E-state index in [0.717, 1.165) is 12.1 Å². The summed E-state index contributed by atoms with van der Waals surface area (Å²) in [4.78, 5) is 24.3. The van der Waals surface area contributed by atoms with Gasteiger partial charge in [0.15, 0.2) is 6.10 Å². The van der Waals surface area contributed by atoms with Crippen molar-refractivity contribution in [3.05, 3.63) is 59.9 Å². The van der Waals surface area contributed by atoms with Gasteiger partial charge in [0.05, 0.1) is 12.0 Å². The molecular formula is C19H20FNO6S. The Hall–Kier alpha value is -2.78. The maximum Gasteiger partial charge on any atom is 0.324 e. The van der Waals surface area contributed by atoms with Gasteiger partial charge in [-0.2, -0.15) is 4.72 Å². The van der Waals surface area contributed by atoms with E-state index in [4.69, 9.17) is 9.47 Å². The Morgan fingerprint density at radius 3 is 2.11 bits per heavy atom. The molecule has 7 nitrogen and oxygen atoms in total. The number of carbonyl (C=O) groups excluding carboxylic acids is 2. The van der Waals surface area contributed by atoms with Crippen LogP contribution in [0.2, 0.25) is 0 Å². The molecule has 0 aliphatic carbocycles. The number of rotatable bonds is 8. The van der Waals surface area contributed by atoms with Crippen LogP contribution < -0.4 is 9.46 Å². The van der Waals surface area contributed by atoms with Gasteiger partial charge in [0.2, 0.25) is 15.8 Å². The second-order valence-electron chi connectivity index (χ2n) is 5.97. The number of sulfonamides is 1. The molecule has 1 N–H and O–H groups in total. The molecule has 0 aliphatic heterocycles. The third kappa shape index (κ3) is 5.37. The Morgan fingerprint density at radius 1 is 1.00 bits per heavy atom. The van der Waals surface area contributed by atoms with Gasteiger partial charge in [0, 0.05) is 5.56 Å². The molecule has 0 saturated carbocycles. The van der Waals surface area contributed by atoms with Crippen molar-refractivity contribution >= 4 is 21.8 Å². The number of benzene rings is 2. The molecule has 0 bridgehead atoms. The number of methoxy groups -OCH3 is 1. The molecule has 2 rings (SSSR count). The highest BCUT2D eigenvalue weighted by Crippen LogP contribution is 2.16. The summed E-state index contributed by atoms with van der Waals surface area (Å²) in [6.07, 6.45) is -1.16. The van der Waals surface area contributed by atoms with Crippen LogP contribution in [-0.2, 0) is 19.6 Å². The predicted octanol–water partition coefficient (Wildman–Crippen LogP) is 2.32. The van der Waals surface area contributed by atoms with E-state index in [0.29, 0.717) is 5.75 Å². The molecule has 0 amide bonds. The van der Waals surface area contributed by atoms with E-state index >= 15 is 0 Å². The smallest absolute Gasteiger partial charge is 0.324 e. The lowest BCUT2D eigenvalue weighted by Gasteiger charge is -2.17. The molecule has 0 saturated heterocycles. The summed E-state index contributed by atoms with van der Waals surface area (Å²) in [7, 11) is -2.52. The fourth-order valence-corrected chi connectivity index (χ4v) is 3.47. The molecule has 0 aromatic heterocycles. The van der Waals surface area contributed by atoms with Crippen LogP contribution in [0.3, 0.4) is 0 Å². The van der Waals surface area contributed by atoms with Crippen LogP contribution in [0.15, 0.2) is 53.4 Å². The van der Waals surface area contributed by atoms with Crippen molar-refractivity contribution < 1.29 is 31.9 Å². The first kappa shape index (κ1) is 21.5. The minimum Gasteiger partial charge on any atom is -0.497 e. The Morgan fingerprint density at radius 2 is 1.57 bits per heavy atom. The Balaban J connectivity index is 2.00. The van der Waals surface area contributed by atoms with E-state index in [2.05, 4.69) is 4.72 Å². The average Bonchev–Trinajstić information content (AvgIpc) is 2.67.